The maximum Gasteiger partial charge on any atom is 0.471 e. The molecule has 0 atom stereocenters. The average Bonchev–Trinajstić information content (AvgIpc) is 3.22. The van der Waals surface area contributed by atoms with Gasteiger partial charge in [0.05, 0.1) is 7.11 Å². The predicted molar refractivity (Wildman–Crippen MR) is 92.5 cm³/mol. The summed E-state index contributed by atoms with van der Waals surface area (Å²) in [6.07, 6.45) is -4.11. The first-order valence-electron chi connectivity index (χ1n) is 8.35. The SMILES string of the molecule is COc1ccc(COC(=O)NCc2ccc(-c3noc(C(F)(F)F)n3)cc2F)cn1. The molecule has 0 saturated heterocycles. The van der Waals surface area contributed by atoms with Crippen LogP contribution in [-0.2, 0) is 24.1 Å². The molecule has 1 aromatic carbocycles. The molecule has 0 aliphatic heterocycles. The molecule has 0 bridgehead atoms. The minimum atomic E-state index is -4.80. The number of halogens is 4. The topological polar surface area (TPSA) is 99.4 Å². The van der Waals surface area contributed by atoms with Crippen LogP contribution in [0.5, 0.6) is 5.88 Å². The van der Waals surface area contributed by atoms with Gasteiger partial charge in [-0.15, -0.1) is 0 Å². The van der Waals surface area contributed by atoms with E-state index < -0.39 is 29.8 Å². The van der Waals surface area contributed by atoms with Crippen LogP contribution in [0.4, 0.5) is 22.4 Å². The molecule has 3 aromatic rings. The Morgan fingerprint density at radius 2 is 2.03 bits per heavy atom. The number of benzene rings is 1. The third-order valence-corrected chi connectivity index (χ3v) is 3.78. The van der Waals surface area contributed by atoms with Gasteiger partial charge in [-0.1, -0.05) is 17.3 Å². The van der Waals surface area contributed by atoms with E-state index in [-0.39, 0.29) is 24.3 Å². The number of nitrogens with zero attached hydrogens (tertiary/aromatic N) is 3. The number of alkyl halides is 3. The average molecular weight is 426 g/mol. The molecule has 1 N–H and O–H groups in total. The third-order valence-electron chi connectivity index (χ3n) is 3.78. The highest BCUT2D eigenvalue weighted by Gasteiger charge is 2.38. The number of aromatic nitrogens is 3. The molecule has 2 aromatic heterocycles. The van der Waals surface area contributed by atoms with Crippen molar-refractivity contribution in [2.75, 3.05) is 7.11 Å². The lowest BCUT2D eigenvalue weighted by Crippen LogP contribution is -2.24. The maximum absolute atomic E-state index is 14.2. The summed E-state index contributed by atoms with van der Waals surface area (Å²) in [4.78, 5) is 18.9. The fraction of sp³-hybridized carbons (Fsp3) is 0.222. The third kappa shape index (κ3) is 5.21. The van der Waals surface area contributed by atoms with Gasteiger partial charge in [0.15, 0.2) is 0 Å². The zero-order chi connectivity index (χ0) is 21.7. The van der Waals surface area contributed by atoms with Crippen LogP contribution in [-0.4, -0.2) is 28.3 Å². The monoisotopic (exact) mass is 426 g/mol. The smallest absolute Gasteiger partial charge is 0.471 e. The van der Waals surface area contributed by atoms with Gasteiger partial charge in [-0.25, -0.2) is 14.2 Å². The van der Waals surface area contributed by atoms with Gasteiger partial charge in [-0.3, -0.25) is 0 Å². The Morgan fingerprint density at radius 3 is 2.63 bits per heavy atom. The summed E-state index contributed by atoms with van der Waals surface area (Å²) >= 11 is 0. The van der Waals surface area contributed by atoms with Crippen molar-refractivity contribution in [1.82, 2.24) is 20.4 Å². The Hall–Kier alpha value is -3.70. The van der Waals surface area contributed by atoms with E-state index in [4.69, 9.17) is 9.47 Å². The number of hydrogen-bond donors (Lipinski definition) is 1. The number of methoxy groups -OCH3 is 1. The van der Waals surface area contributed by atoms with Gasteiger partial charge in [0.1, 0.15) is 12.4 Å². The second-order valence-electron chi connectivity index (χ2n) is 5.87. The van der Waals surface area contributed by atoms with Crippen molar-refractivity contribution in [1.29, 1.82) is 0 Å². The number of nitrogens with one attached hydrogen (secondary N) is 1. The Morgan fingerprint density at radius 1 is 1.23 bits per heavy atom. The normalized spacial score (nSPS) is 11.2. The van der Waals surface area contributed by atoms with E-state index in [1.54, 1.807) is 12.1 Å². The van der Waals surface area contributed by atoms with Gasteiger partial charge >= 0.3 is 18.2 Å². The molecular formula is C18H14F4N4O4. The van der Waals surface area contributed by atoms with Gasteiger partial charge < -0.3 is 19.3 Å². The van der Waals surface area contributed by atoms with E-state index in [2.05, 4.69) is 25.0 Å². The van der Waals surface area contributed by atoms with Crippen molar-refractivity contribution in [2.24, 2.45) is 0 Å². The summed E-state index contributed by atoms with van der Waals surface area (Å²) in [5.41, 5.74) is 0.700. The summed E-state index contributed by atoms with van der Waals surface area (Å²) in [5.74, 6) is -2.30. The van der Waals surface area contributed by atoms with Gasteiger partial charge in [-0.2, -0.15) is 18.2 Å². The first-order valence-corrected chi connectivity index (χ1v) is 8.35. The summed E-state index contributed by atoms with van der Waals surface area (Å²) in [6, 6.07) is 6.80. The number of carbonyl (C=O) groups excluding carboxylic acids is 1. The lowest BCUT2D eigenvalue weighted by atomic mass is 10.1. The molecule has 0 radical (unpaired) electrons. The predicted octanol–water partition coefficient (Wildman–Crippen LogP) is 3.72. The van der Waals surface area contributed by atoms with Crippen LogP contribution in [0.3, 0.4) is 0 Å². The van der Waals surface area contributed by atoms with Crippen molar-refractivity contribution in [3.8, 4) is 17.3 Å². The maximum atomic E-state index is 14.2. The van der Waals surface area contributed by atoms with Crippen LogP contribution in [0.15, 0.2) is 41.1 Å². The van der Waals surface area contributed by atoms with E-state index in [9.17, 15) is 22.4 Å². The lowest BCUT2D eigenvalue weighted by molar-refractivity contribution is -0.159. The van der Waals surface area contributed by atoms with Gasteiger partial charge in [0.2, 0.25) is 11.7 Å². The summed E-state index contributed by atoms with van der Waals surface area (Å²) in [5, 5.41) is 5.56. The Labute approximate surface area is 166 Å². The number of hydrogen-bond acceptors (Lipinski definition) is 7. The van der Waals surface area contributed by atoms with E-state index >= 15 is 0 Å². The Kier molecular flexibility index (Phi) is 6.14. The van der Waals surface area contributed by atoms with Crippen LogP contribution in [0, 0.1) is 5.82 Å². The van der Waals surface area contributed by atoms with Crippen molar-refractivity contribution in [3.63, 3.8) is 0 Å². The van der Waals surface area contributed by atoms with Crippen LogP contribution in [0.1, 0.15) is 17.0 Å². The summed E-state index contributed by atoms with van der Waals surface area (Å²) in [7, 11) is 1.47. The molecule has 0 saturated carbocycles. The van der Waals surface area contributed by atoms with Crippen molar-refractivity contribution < 1.29 is 36.4 Å². The van der Waals surface area contributed by atoms with Gasteiger partial charge in [0, 0.05) is 35.5 Å². The van der Waals surface area contributed by atoms with E-state index in [0.717, 1.165) is 6.07 Å². The standard InChI is InChI=1S/C18H14F4N4O4/c1-28-14-5-2-10(7-23-14)9-29-17(27)24-8-12-4-3-11(6-13(12)19)15-25-16(30-26-15)18(20,21)22/h2-7H,8-9H2,1H3,(H,24,27). The van der Waals surface area contributed by atoms with E-state index in [0.29, 0.717) is 11.4 Å². The lowest BCUT2D eigenvalue weighted by Gasteiger charge is -2.08. The Balaban J connectivity index is 1.55. The fourth-order valence-electron chi connectivity index (χ4n) is 2.27. The zero-order valence-corrected chi connectivity index (χ0v) is 15.4. The van der Waals surface area contributed by atoms with E-state index in [1.807, 2.05) is 0 Å². The minimum Gasteiger partial charge on any atom is -0.481 e. The Bertz CT molecular complexity index is 1020. The van der Waals surface area contributed by atoms with Gasteiger partial charge in [0.25, 0.3) is 0 Å². The molecule has 158 valence electrons. The van der Waals surface area contributed by atoms with E-state index in [1.165, 1.54) is 25.4 Å². The second-order valence-corrected chi connectivity index (χ2v) is 5.87. The van der Waals surface area contributed by atoms with Crippen LogP contribution in [0.25, 0.3) is 11.4 Å². The fourth-order valence-corrected chi connectivity index (χ4v) is 2.27. The summed E-state index contributed by atoms with van der Waals surface area (Å²) < 4.78 is 65.8. The molecule has 0 aliphatic carbocycles. The van der Waals surface area contributed by atoms with Crippen molar-refractivity contribution in [2.45, 2.75) is 19.3 Å². The highest BCUT2D eigenvalue weighted by Crippen LogP contribution is 2.29. The first kappa shape index (κ1) is 21.0. The number of rotatable bonds is 6. The van der Waals surface area contributed by atoms with Crippen LogP contribution in [0.2, 0.25) is 0 Å². The zero-order valence-electron chi connectivity index (χ0n) is 15.4. The number of carbonyl (C=O) groups is 1. The summed E-state index contributed by atoms with van der Waals surface area (Å²) in [6.45, 7) is -0.254. The molecule has 0 fully saturated rings. The molecule has 12 heteroatoms. The highest BCUT2D eigenvalue weighted by molar-refractivity contribution is 5.67. The molecule has 8 nitrogen and oxygen atoms in total. The van der Waals surface area contributed by atoms with Crippen LogP contribution >= 0.6 is 0 Å². The van der Waals surface area contributed by atoms with Gasteiger partial charge in [-0.05, 0) is 12.1 Å². The number of amides is 1. The molecule has 0 unspecified atom stereocenters. The van der Waals surface area contributed by atoms with Crippen molar-refractivity contribution in [3.05, 3.63) is 59.4 Å². The van der Waals surface area contributed by atoms with Crippen molar-refractivity contribution >= 4 is 6.09 Å². The molecule has 0 spiro atoms. The molecule has 0 aliphatic rings. The quantitative estimate of drug-likeness (QED) is 0.600. The number of ether oxygens (including phenoxy) is 2. The minimum absolute atomic E-state index is 0.00918. The molecular weight excluding hydrogens is 412 g/mol. The van der Waals surface area contributed by atoms with Crippen LogP contribution < -0.4 is 10.1 Å². The number of pyridine rings is 1. The largest absolute Gasteiger partial charge is 0.481 e. The first-order chi connectivity index (χ1) is 14.3. The number of alkyl carbamates (subject to hydrolysis) is 1. The molecule has 1 amide bonds. The molecule has 2 heterocycles. The molecule has 3 rings (SSSR count). The second kappa shape index (κ2) is 8.76. The molecule has 30 heavy (non-hydrogen) atoms. The highest BCUT2D eigenvalue weighted by atomic mass is 19.4.